The van der Waals surface area contributed by atoms with Crippen LogP contribution in [0.1, 0.15) is 61.9 Å². The SMILES string of the molecule is CSNC(=O)c1cc(C)c(OCC23CC(C)CC(CC(C)C2)C3)c(F)c1. The van der Waals surface area contributed by atoms with E-state index in [1.807, 2.05) is 6.92 Å². The Kier molecular flexibility index (Phi) is 5.85. The molecule has 2 aliphatic carbocycles. The molecule has 2 unspecified atom stereocenters. The van der Waals surface area contributed by atoms with E-state index in [0.29, 0.717) is 35.3 Å². The van der Waals surface area contributed by atoms with E-state index in [1.54, 1.807) is 12.3 Å². The maximum Gasteiger partial charge on any atom is 0.261 e. The molecule has 3 nitrogen and oxygen atoms in total. The van der Waals surface area contributed by atoms with Crippen LogP contribution in [0.3, 0.4) is 0 Å². The van der Waals surface area contributed by atoms with Gasteiger partial charge in [0.25, 0.3) is 5.91 Å². The number of rotatable bonds is 5. The molecular weight excluding hydrogens is 349 g/mol. The van der Waals surface area contributed by atoms with Crippen molar-refractivity contribution in [3.8, 4) is 5.75 Å². The summed E-state index contributed by atoms with van der Waals surface area (Å²) in [5.74, 6) is 1.79. The normalized spacial score (nSPS) is 30.7. The Bertz CT molecular complexity index is 635. The van der Waals surface area contributed by atoms with E-state index in [0.717, 1.165) is 5.92 Å². The first-order chi connectivity index (χ1) is 12.3. The molecule has 144 valence electrons. The number of hydrogen-bond donors (Lipinski definition) is 1. The third kappa shape index (κ3) is 4.19. The van der Waals surface area contributed by atoms with Crippen molar-refractivity contribution < 1.29 is 13.9 Å². The third-order valence-corrected chi connectivity index (χ3v) is 6.35. The van der Waals surface area contributed by atoms with E-state index in [4.69, 9.17) is 4.74 Å². The zero-order valence-corrected chi connectivity index (χ0v) is 17.0. The highest BCUT2D eigenvalue weighted by Gasteiger charge is 2.44. The number of fused-ring (bicyclic) bond motifs is 2. The molecule has 0 saturated heterocycles. The molecule has 2 aliphatic rings. The van der Waals surface area contributed by atoms with E-state index >= 15 is 0 Å². The fraction of sp³-hybridized carbons (Fsp3) is 0.667. The summed E-state index contributed by atoms with van der Waals surface area (Å²) in [6.07, 6.45) is 7.95. The largest absolute Gasteiger partial charge is 0.490 e. The van der Waals surface area contributed by atoms with Crippen molar-refractivity contribution >= 4 is 17.9 Å². The Morgan fingerprint density at radius 3 is 2.50 bits per heavy atom. The molecule has 1 amide bonds. The van der Waals surface area contributed by atoms with Crippen LogP contribution in [0.2, 0.25) is 0 Å². The highest BCUT2D eigenvalue weighted by Crippen LogP contribution is 2.53. The van der Waals surface area contributed by atoms with Gasteiger partial charge in [0, 0.05) is 17.2 Å². The molecule has 0 radical (unpaired) electrons. The maximum atomic E-state index is 14.6. The Morgan fingerprint density at radius 2 is 1.92 bits per heavy atom. The highest BCUT2D eigenvalue weighted by atomic mass is 32.2. The molecule has 2 atom stereocenters. The van der Waals surface area contributed by atoms with Crippen molar-refractivity contribution in [1.29, 1.82) is 0 Å². The second kappa shape index (κ2) is 7.79. The van der Waals surface area contributed by atoms with Crippen LogP contribution in [0.25, 0.3) is 0 Å². The molecule has 3 rings (SSSR count). The second-order valence-electron chi connectivity index (χ2n) is 8.69. The number of carbonyl (C=O) groups excluding carboxylic acids is 1. The first-order valence-electron chi connectivity index (χ1n) is 9.58. The number of benzene rings is 1. The molecule has 0 aliphatic heterocycles. The van der Waals surface area contributed by atoms with Crippen LogP contribution in [0.15, 0.2) is 12.1 Å². The van der Waals surface area contributed by atoms with Crippen LogP contribution >= 0.6 is 11.9 Å². The van der Waals surface area contributed by atoms with E-state index in [1.165, 1.54) is 50.1 Å². The van der Waals surface area contributed by atoms with Gasteiger partial charge >= 0.3 is 0 Å². The summed E-state index contributed by atoms with van der Waals surface area (Å²) in [5.41, 5.74) is 1.18. The van der Waals surface area contributed by atoms with Gasteiger partial charge in [-0.15, -0.1) is 0 Å². The van der Waals surface area contributed by atoms with E-state index < -0.39 is 5.82 Å². The van der Waals surface area contributed by atoms with Crippen LogP contribution in [-0.2, 0) is 0 Å². The fourth-order valence-corrected chi connectivity index (χ4v) is 5.81. The number of amides is 1. The summed E-state index contributed by atoms with van der Waals surface area (Å²) in [6.45, 7) is 7.05. The van der Waals surface area contributed by atoms with Gasteiger partial charge in [-0.25, -0.2) is 4.39 Å². The summed E-state index contributed by atoms with van der Waals surface area (Å²) in [6, 6.07) is 2.98. The molecule has 2 fully saturated rings. The molecule has 2 saturated carbocycles. The number of nitrogens with one attached hydrogen (secondary N) is 1. The highest BCUT2D eigenvalue weighted by molar-refractivity contribution is 7.97. The van der Waals surface area contributed by atoms with E-state index in [2.05, 4.69) is 18.6 Å². The summed E-state index contributed by atoms with van der Waals surface area (Å²) < 4.78 is 23.3. The van der Waals surface area contributed by atoms with Crippen LogP contribution in [0, 0.1) is 35.9 Å². The minimum Gasteiger partial charge on any atom is -0.490 e. The number of hydrogen-bond acceptors (Lipinski definition) is 3. The van der Waals surface area contributed by atoms with Gasteiger partial charge in [0.2, 0.25) is 0 Å². The van der Waals surface area contributed by atoms with Crippen molar-refractivity contribution in [2.75, 3.05) is 12.9 Å². The Balaban J connectivity index is 1.75. The Morgan fingerprint density at radius 1 is 1.27 bits per heavy atom. The quantitative estimate of drug-likeness (QED) is 0.699. The average molecular weight is 380 g/mol. The van der Waals surface area contributed by atoms with Gasteiger partial charge in [0.1, 0.15) is 0 Å². The lowest BCUT2D eigenvalue weighted by Gasteiger charge is -2.49. The molecule has 1 aromatic rings. The number of carbonyl (C=O) groups is 1. The monoisotopic (exact) mass is 379 g/mol. The number of aryl methyl sites for hydroxylation is 1. The zero-order valence-electron chi connectivity index (χ0n) is 16.2. The van der Waals surface area contributed by atoms with Crippen molar-refractivity contribution in [1.82, 2.24) is 4.72 Å². The van der Waals surface area contributed by atoms with Crippen molar-refractivity contribution in [3.05, 3.63) is 29.1 Å². The average Bonchev–Trinajstić information content (AvgIpc) is 2.52. The summed E-state index contributed by atoms with van der Waals surface area (Å²) in [4.78, 5) is 11.9. The standard InChI is InChI=1S/C21H30FNO2S/c1-13-5-16-6-14(2)10-21(9-13,11-16)12-25-19-15(3)7-17(8-18(19)22)20(24)23-26-4/h7-8,13-14,16H,5-6,9-12H2,1-4H3,(H,23,24). The lowest BCUT2D eigenvalue weighted by molar-refractivity contribution is -0.0174. The molecule has 26 heavy (non-hydrogen) atoms. The second-order valence-corrected chi connectivity index (χ2v) is 9.30. The number of halogens is 1. The summed E-state index contributed by atoms with van der Waals surface area (Å²) >= 11 is 1.21. The van der Waals surface area contributed by atoms with Gasteiger partial charge in [-0.2, -0.15) is 0 Å². The van der Waals surface area contributed by atoms with Crippen LogP contribution in [0.5, 0.6) is 5.75 Å². The number of ether oxygens (including phenoxy) is 1. The fourth-order valence-electron chi connectivity index (χ4n) is 5.51. The smallest absolute Gasteiger partial charge is 0.261 e. The molecule has 0 spiro atoms. The predicted octanol–water partition coefficient (Wildman–Crippen LogP) is 5.37. The van der Waals surface area contributed by atoms with Crippen LogP contribution in [0.4, 0.5) is 4.39 Å². The van der Waals surface area contributed by atoms with E-state index in [9.17, 15) is 9.18 Å². The van der Waals surface area contributed by atoms with Gasteiger partial charge in [-0.05, 0) is 74.5 Å². The lowest BCUT2D eigenvalue weighted by atomic mass is 9.57. The van der Waals surface area contributed by atoms with Crippen LogP contribution < -0.4 is 9.46 Å². The summed E-state index contributed by atoms with van der Waals surface area (Å²) in [5, 5.41) is 0. The minimum atomic E-state index is -0.447. The molecule has 1 aromatic carbocycles. The van der Waals surface area contributed by atoms with Gasteiger partial charge in [0.15, 0.2) is 11.6 Å². The predicted molar refractivity (Wildman–Crippen MR) is 105 cm³/mol. The molecule has 5 heteroatoms. The minimum absolute atomic E-state index is 0.174. The maximum absolute atomic E-state index is 14.6. The van der Waals surface area contributed by atoms with Crippen molar-refractivity contribution in [2.24, 2.45) is 23.2 Å². The third-order valence-electron chi connectivity index (χ3n) is 5.96. The first-order valence-corrected chi connectivity index (χ1v) is 10.8. The van der Waals surface area contributed by atoms with Gasteiger partial charge in [0.05, 0.1) is 6.61 Å². The Labute approximate surface area is 160 Å². The molecule has 0 aromatic heterocycles. The van der Waals surface area contributed by atoms with Crippen molar-refractivity contribution in [3.63, 3.8) is 0 Å². The first kappa shape index (κ1) is 19.5. The zero-order chi connectivity index (χ0) is 18.9. The Hall–Kier alpha value is -1.23. The van der Waals surface area contributed by atoms with Crippen LogP contribution in [-0.4, -0.2) is 18.8 Å². The molecule has 2 bridgehead atoms. The van der Waals surface area contributed by atoms with Gasteiger partial charge in [-0.1, -0.05) is 25.8 Å². The summed E-state index contributed by atoms with van der Waals surface area (Å²) in [7, 11) is 0. The molecule has 1 N–H and O–H groups in total. The molecular formula is C21H30FNO2S. The topological polar surface area (TPSA) is 38.3 Å². The van der Waals surface area contributed by atoms with Gasteiger partial charge in [-0.3, -0.25) is 9.52 Å². The molecule has 0 heterocycles. The van der Waals surface area contributed by atoms with E-state index in [-0.39, 0.29) is 11.3 Å². The lowest BCUT2D eigenvalue weighted by Crippen LogP contribution is -2.43. The van der Waals surface area contributed by atoms with Crippen molar-refractivity contribution in [2.45, 2.75) is 52.9 Å². The van der Waals surface area contributed by atoms with Gasteiger partial charge < -0.3 is 4.74 Å².